The van der Waals surface area contributed by atoms with E-state index in [4.69, 9.17) is 9.73 Å². The minimum atomic E-state index is 0.106. The number of amides is 1. The fourth-order valence-electron chi connectivity index (χ4n) is 5.92. The zero-order chi connectivity index (χ0) is 25.9. The minimum Gasteiger partial charge on any atom is -0.493 e. The number of carbonyl (C=O) groups excluding carboxylic acids is 1. The number of benzene rings is 2. The van der Waals surface area contributed by atoms with Crippen LogP contribution in [0.5, 0.6) is 5.75 Å². The zero-order valence-corrected chi connectivity index (χ0v) is 22.3. The molecular formula is C31H37N5O2. The highest BCUT2D eigenvalue weighted by atomic mass is 16.5. The maximum Gasteiger partial charge on any atom is 0.256 e. The van der Waals surface area contributed by atoms with Crippen LogP contribution in [0, 0.1) is 6.92 Å². The maximum atomic E-state index is 13.1. The quantitative estimate of drug-likeness (QED) is 0.388. The average Bonchev–Trinajstić information content (AvgIpc) is 3.38. The summed E-state index contributed by atoms with van der Waals surface area (Å²) >= 11 is 0. The molecule has 2 aromatic carbocycles. The number of unbranched alkanes of at least 4 members (excludes halogenated alkanes) is 2. The number of aryl methyl sites for hydroxylation is 1. The van der Waals surface area contributed by atoms with E-state index in [-0.39, 0.29) is 11.9 Å². The van der Waals surface area contributed by atoms with Crippen molar-refractivity contribution in [1.82, 2.24) is 14.8 Å². The molecule has 0 saturated carbocycles. The molecular weight excluding hydrogens is 474 g/mol. The van der Waals surface area contributed by atoms with E-state index in [0.717, 1.165) is 105 Å². The number of fused-ring (bicyclic) bond motifs is 3. The Morgan fingerprint density at radius 3 is 2.68 bits per heavy atom. The molecule has 0 bridgehead atoms. The van der Waals surface area contributed by atoms with Crippen molar-refractivity contribution in [3.8, 4) is 5.75 Å². The lowest BCUT2D eigenvalue weighted by Crippen LogP contribution is -2.46. The van der Waals surface area contributed by atoms with Crippen LogP contribution >= 0.6 is 0 Å². The van der Waals surface area contributed by atoms with E-state index in [1.54, 1.807) is 0 Å². The number of rotatable bonds is 8. The summed E-state index contributed by atoms with van der Waals surface area (Å²) in [6.07, 6.45) is 9.28. The largest absolute Gasteiger partial charge is 0.493 e. The summed E-state index contributed by atoms with van der Waals surface area (Å²) in [7, 11) is 0. The number of pyridine rings is 1. The van der Waals surface area contributed by atoms with E-state index in [0.29, 0.717) is 5.56 Å². The first-order valence-electron chi connectivity index (χ1n) is 14.1. The molecule has 4 heterocycles. The molecule has 7 nitrogen and oxygen atoms in total. The molecule has 3 aliphatic heterocycles. The summed E-state index contributed by atoms with van der Waals surface area (Å²) in [6, 6.07) is 14.6. The fourth-order valence-corrected chi connectivity index (χ4v) is 5.92. The van der Waals surface area contributed by atoms with Gasteiger partial charge in [0.1, 0.15) is 11.6 Å². The van der Waals surface area contributed by atoms with E-state index < -0.39 is 0 Å². The van der Waals surface area contributed by atoms with Gasteiger partial charge in [0.15, 0.2) is 0 Å². The summed E-state index contributed by atoms with van der Waals surface area (Å²) in [5.74, 6) is 2.12. The molecule has 1 aromatic heterocycles. The molecule has 0 unspecified atom stereocenters. The smallest absolute Gasteiger partial charge is 0.256 e. The molecule has 0 spiro atoms. The average molecular weight is 512 g/mol. The second kappa shape index (κ2) is 11.1. The first-order chi connectivity index (χ1) is 18.7. The van der Waals surface area contributed by atoms with Crippen molar-refractivity contribution >= 4 is 34.4 Å². The highest BCUT2D eigenvalue weighted by molar-refractivity contribution is 6.06. The number of aliphatic imine (C=N–C) groups is 1. The van der Waals surface area contributed by atoms with Crippen molar-refractivity contribution in [2.75, 3.05) is 50.8 Å². The van der Waals surface area contributed by atoms with Gasteiger partial charge in [-0.2, -0.15) is 0 Å². The van der Waals surface area contributed by atoms with E-state index >= 15 is 0 Å². The lowest BCUT2D eigenvalue weighted by Gasteiger charge is -2.35. The highest BCUT2D eigenvalue weighted by Crippen LogP contribution is 2.34. The van der Waals surface area contributed by atoms with Gasteiger partial charge in [0.25, 0.3) is 5.91 Å². The molecule has 0 N–H and O–H groups in total. The van der Waals surface area contributed by atoms with Crippen molar-refractivity contribution in [1.29, 1.82) is 0 Å². The standard InChI is InChI=1S/C31H37N5O2/c1-23-18-24-19-27-28(33-22-26-8-7-12-36(26)31(27)37)20-25(24)21-29(23)38-17-6-2-5-11-34-13-15-35(16-14-34)30-9-3-4-10-32-30/h3-4,9-10,18-22,26H,2,5-8,11-17H2,1H3/t26-/m0/s1. The molecule has 0 radical (unpaired) electrons. The SMILES string of the molecule is Cc1cc2cc3c(cc2cc1OCCCCCN1CCN(c2ccccn2)CC1)N=C[C@@H]1CCCN1C3=O. The number of carbonyl (C=O) groups is 1. The number of anilines is 1. The summed E-state index contributed by atoms with van der Waals surface area (Å²) < 4.78 is 6.21. The van der Waals surface area contributed by atoms with Crippen LogP contribution in [0.15, 0.2) is 53.7 Å². The molecule has 1 amide bonds. The predicted molar refractivity (Wildman–Crippen MR) is 153 cm³/mol. The van der Waals surface area contributed by atoms with Crippen LogP contribution in [-0.4, -0.2) is 78.8 Å². The van der Waals surface area contributed by atoms with E-state index in [2.05, 4.69) is 46.0 Å². The third kappa shape index (κ3) is 5.25. The summed E-state index contributed by atoms with van der Waals surface area (Å²) in [6.45, 7) is 9.06. The van der Waals surface area contributed by atoms with Gasteiger partial charge in [0.05, 0.1) is 23.9 Å². The molecule has 38 heavy (non-hydrogen) atoms. The summed E-state index contributed by atoms with van der Waals surface area (Å²) in [5.41, 5.74) is 2.59. The lowest BCUT2D eigenvalue weighted by atomic mass is 10.0. The Morgan fingerprint density at radius 1 is 0.974 bits per heavy atom. The Balaban J connectivity index is 0.986. The van der Waals surface area contributed by atoms with Gasteiger partial charge in [-0.25, -0.2) is 4.98 Å². The number of aromatic nitrogens is 1. The second-order valence-corrected chi connectivity index (χ2v) is 10.7. The Hall–Kier alpha value is -3.45. The van der Waals surface area contributed by atoms with Gasteiger partial charge in [0, 0.05) is 45.1 Å². The Bertz CT molecular complexity index is 1320. The molecule has 7 heteroatoms. The first-order valence-corrected chi connectivity index (χ1v) is 14.1. The van der Waals surface area contributed by atoms with Gasteiger partial charge in [-0.1, -0.05) is 6.07 Å². The van der Waals surface area contributed by atoms with Gasteiger partial charge in [-0.15, -0.1) is 0 Å². The lowest BCUT2D eigenvalue weighted by molar-refractivity contribution is 0.0775. The number of hydrogen-bond donors (Lipinski definition) is 0. The fraction of sp³-hybridized carbons (Fsp3) is 0.452. The number of nitrogens with zero attached hydrogens (tertiary/aromatic N) is 5. The highest BCUT2D eigenvalue weighted by Gasteiger charge is 2.31. The summed E-state index contributed by atoms with van der Waals surface area (Å²) in [5, 5.41) is 2.14. The van der Waals surface area contributed by atoms with Gasteiger partial charge in [-0.3, -0.25) is 14.7 Å². The van der Waals surface area contributed by atoms with Crippen LogP contribution in [-0.2, 0) is 0 Å². The molecule has 6 rings (SSSR count). The molecule has 3 aromatic rings. The van der Waals surface area contributed by atoms with Crippen molar-refractivity contribution < 1.29 is 9.53 Å². The first kappa shape index (κ1) is 24.9. The maximum absolute atomic E-state index is 13.1. The Labute approximate surface area is 225 Å². The second-order valence-electron chi connectivity index (χ2n) is 10.7. The third-order valence-corrected chi connectivity index (χ3v) is 8.15. The van der Waals surface area contributed by atoms with Crippen LogP contribution in [0.2, 0.25) is 0 Å². The van der Waals surface area contributed by atoms with E-state index in [1.165, 1.54) is 6.42 Å². The topological polar surface area (TPSA) is 61.3 Å². The normalized spacial score (nSPS) is 19.5. The van der Waals surface area contributed by atoms with Crippen LogP contribution in [0.3, 0.4) is 0 Å². The minimum absolute atomic E-state index is 0.106. The zero-order valence-electron chi connectivity index (χ0n) is 22.3. The molecule has 2 saturated heterocycles. The predicted octanol–water partition coefficient (Wildman–Crippen LogP) is 5.24. The van der Waals surface area contributed by atoms with E-state index in [1.807, 2.05) is 35.5 Å². The van der Waals surface area contributed by atoms with Crippen molar-refractivity contribution in [2.45, 2.75) is 45.1 Å². The molecule has 2 fully saturated rings. The van der Waals surface area contributed by atoms with Gasteiger partial charge < -0.3 is 14.5 Å². The molecule has 0 aliphatic carbocycles. The monoisotopic (exact) mass is 511 g/mol. The van der Waals surface area contributed by atoms with Crippen molar-refractivity contribution in [3.05, 3.63) is 59.8 Å². The summed E-state index contributed by atoms with van der Waals surface area (Å²) in [4.78, 5) is 29.2. The number of hydrogen-bond acceptors (Lipinski definition) is 6. The van der Waals surface area contributed by atoms with Crippen LogP contribution < -0.4 is 9.64 Å². The Morgan fingerprint density at radius 2 is 1.84 bits per heavy atom. The van der Waals surface area contributed by atoms with Crippen molar-refractivity contribution in [2.24, 2.45) is 4.99 Å². The van der Waals surface area contributed by atoms with Crippen LogP contribution in [0.4, 0.5) is 11.5 Å². The number of ether oxygens (including phenoxy) is 1. The van der Waals surface area contributed by atoms with Gasteiger partial charge in [0.2, 0.25) is 0 Å². The van der Waals surface area contributed by atoms with Crippen LogP contribution in [0.25, 0.3) is 10.8 Å². The van der Waals surface area contributed by atoms with Crippen molar-refractivity contribution in [3.63, 3.8) is 0 Å². The number of piperazine rings is 1. The Kier molecular flexibility index (Phi) is 7.27. The third-order valence-electron chi connectivity index (χ3n) is 8.15. The molecule has 3 aliphatic rings. The van der Waals surface area contributed by atoms with Gasteiger partial charge in [-0.05, 0) is 98.3 Å². The molecule has 1 atom stereocenters. The van der Waals surface area contributed by atoms with Gasteiger partial charge >= 0.3 is 0 Å². The molecule has 198 valence electrons. The van der Waals surface area contributed by atoms with Crippen LogP contribution in [0.1, 0.15) is 48.0 Å². The van der Waals surface area contributed by atoms with E-state index in [9.17, 15) is 4.79 Å².